The van der Waals surface area contributed by atoms with Crippen LogP contribution in [0.2, 0.25) is 0 Å². The van der Waals surface area contributed by atoms with Gasteiger partial charge in [0.15, 0.2) is 0 Å². The number of carbonyl (C=O) groups excluding carboxylic acids is 1. The Balaban J connectivity index is 2.57. The van der Waals surface area contributed by atoms with Crippen molar-refractivity contribution in [1.29, 1.82) is 0 Å². The second kappa shape index (κ2) is 3.10. The van der Waals surface area contributed by atoms with Crippen molar-refractivity contribution < 1.29 is 4.79 Å². The summed E-state index contributed by atoms with van der Waals surface area (Å²) in [4.78, 5) is 10.8. The average Bonchev–Trinajstić information content (AvgIpc) is 2.64. The first-order valence-electron chi connectivity index (χ1n) is 5.05. The van der Waals surface area contributed by atoms with Crippen molar-refractivity contribution >= 4 is 28.1 Å². The van der Waals surface area contributed by atoms with Crippen molar-refractivity contribution in [1.82, 2.24) is 4.68 Å². The fourth-order valence-electron chi connectivity index (χ4n) is 2.09. The van der Waals surface area contributed by atoms with Gasteiger partial charge in [-0.05, 0) is 24.3 Å². The SMILES string of the molecule is Nn1c2ccccc2c2cc(C=O)ccc21. The minimum atomic E-state index is 0.670. The van der Waals surface area contributed by atoms with Gasteiger partial charge in [-0.1, -0.05) is 18.2 Å². The van der Waals surface area contributed by atoms with E-state index in [9.17, 15) is 4.79 Å². The summed E-state index contributed by atoms with van der Waals surface area (Å²) in [6.07, 6.45) is 0.849. The second-order valence-corrected chi connectivity index (χ2v) is 3.78. The molecular weight excluding hydrogens is 200 g/mol. The van der Waals surface area contributed by atoms with Gasteiger partial charge in [-0.3, -0.25) is 9.47 Å². The Morgan fingerprint density at radius 3 is 2.56 bits per heavy atom. The maximum Gasteiger partial charge on any atom is 0.150 e. The van der Waals surface area contributed by atoms with Gasteiger partial charge in [-0.15, -0.1) is 0 Å². The van der Waals surface area contributed by atoms with Crippen LogP contribution in [-0.4, -0.2) is 11.0 Å². The molecule has 78 valence electrons. The molecule has 3 rings (SSSR count). The average molecular weight is 210 g/mol. The number of hydrogen-bond acceptors (Lipinski definition) is 2. The molecule has 0 aliphatic rings. The molecule has 16 heavy (non-hydrogen) atoms. The van der Waals surface area contributed by atoms with Crippen LogP contribution in [0.4, 0.5) is 0 Å². The van der Waals surface area contributed by atoms with Crippen LogP contribution in [0.25, 0.3) is 21.8 Å². The minimum absolute atomic E-state index is 0.670. The van der Waals surface area contributed by atoms with E-state index in [4.69, 9.17) is 5.84 Å². The van der Waals surface area contributed by atoms with Gasteiger partial charge in [0, 0.05) is 16.3 Å². The Hall–Kier alpha value is -2.29. The lowest BCUT2D eigenvalue weighted by Crippen LogP contribution is -2.06. The molecule has 0 saturated carbocycles. The number of hydrogen-bond donors (Lipinski definition) is 1. The first kappa shape index (κ1) is 8.97. The van der Waals surface area contributed by atoms with Crippen LogP contribution >= 0.6 is 0 Å². The molecular formula is C13H10N2O. The summed E-state index contributed by atoms with van der Waals surface area (Å²) in [6.45, 7) is 0. The Morgan fingerprint density at radius 2 is 1.75 bits per heavy atom. The van der Waals surface area contributed by atoms with E-state index in [1.165, 1.54) is 0 Å². The lowest BCUT2D eigenvalue weighted by atomic mass is 10.1. The molecule has 0 spiro atoms. The number of fused-ring (bicyclic) bond motifs is 3. The van der Waals surface area contributed by atoms with Crippen LogP contribution in [0.1, 0.15) is 10.4 Å². The van der Waals surface area contributed by atoms with Gasteiger partial charge in [-0.2, -0.15) is 0 Å². The van der Waals surface area contributed by atoms with Crippen LogP contribution in [0.5, 0.6) is 0 Å². The van der Waals surface area contributed by atoms with Gasteiger partial charge in [-0.25, -0.2) is 0 Å². The smallest absolute Gasteiger partial charge is 0.150 e. The van der Waals surface area contributed by atoms with Gasteiger partial charge in [0.05, 0.1) is 11.0 Å². The topological polar surface area (TPSA) is 48.0 Å². The third-order valence-corrected chi connectivity index (χ3v) is 2.87. The summed E-state index contributed by atoms with van der Waals surface area (Å²) in [6, 6.07) is 13.4. The van der Waals surface area contributed by atoms with E-state index in [-0.39, 0.29) is 0 Å². The fourth-order valence-corrected chi connectivity index (χ4v) is 2.09. The molecule has 3 aromatic rings. The quantitative estimate of drug-likeness (QED) is 0.495. The van der Waals surface area contributed by atoms with Crippen LogP contribution in [0.15, 0.2) is 42.5 Å². The molecule has 0 unspecified atom stereocenters. The summed E-state index contributed by atoms with van der Waals surface area (Å²) in [7, 11) is 0. The van der Waals surface area contributed by atoms with Crippen molar-refractivity contribution in [2.45, 2.75) is 0 Å². The number of rotatable bonds is 1. The van der Waals surface area contributed by atoms with E-state index >= 15 is 0 Å². The number of nitrogens with two attached hydrogens (primary N) is 1. The van der Waals surface area contributed by atoms with Crippen molar-refractivity contribution in [3.8, 4) is 0 Å². The Morgan fingerprint density at radius 1 is 1.00 bits per heavy atom. The molecule has 0 bridgehead atoms. The maximum absolute atomic E-state index is 10.8. The predicted molar refractivity (Wildman–Crippen MR) is 65.0 cm³/mol. The number of nitrogens with zero attached hydrogens (tertiary/aromatic N) is 1. The number of aromatic nitrogens is 1. The summed E-state index contributed by atoms with van der Waals surface area (Å²) < 4.78 is 1.65. The highest BCUT2D eigenvalue weighted by Crippen LogP contribution is 2.27. The molecule has 0 radical (unpaired) electrons. The second-order valence-electron chi connectivity index (χ2n) is 3.78. The fraction of sp³-hybridized carbons (Fsp3) is 0. The van der Waals surface area contributed by atoms with Crippen LogP contribution in [0.3, 0.4) is 0 Å². The summed E-state index contributed by atoms with van der Waals surface area (Å²) in [5.41, 5.74) is 2.58. The molecule has 3 nitrogen and oxygen atoms in total. The highest BCUT2D eigenvalue weighted by Gasteiger charge is 2.07. The largest absolute Gasteiger partial charge is 0.339 e. The Labute approximate surface area is 92.1 Å². The zero-order chi connectivity index (χ0) is 11.1. The molecule has 0 atom stereocenters. The molecule has 0 saturated heterocycles. The summed E-state index contributed by atoms with van der Waals surface area (Å²) in [5.74, 6) is 5.99. The first-order valence-corrected chi connectivity index (χ1v) is 5.05. The molecule has 2 N–H and O–H groups in total. The summed E-state index contributed by atoms with van der Waals surface area (Å²) in [5, 5.41) is 2.09. The molecule has 1 aromatic heterocycles. The molecule has 0 amide bonds. The van der Waals surface area contributed by atoms with E-state index in [1.54, 1.807) is 10.7 Å². The van der Waals surface area contributed by atoms with E-state index in [1.807, 2.05) is 36.4 Å². The number of para-hydroxylation sites is 1. The van der Waals surface area contributed by atoms with Crippen molar-refractivity contribution in [2.75, 3.05) is 5.84 Å². The number of nitrogen functional groups attached to an aromatic ring is 1. The zero-order valence-corrected chi connectivity index (χ0v) is 8.55. The lowest BCUT2D eigenvalue weighted by Gasteiger charge is -1.97. The molecule has 0 aliphatic carbocycles. The highest BCUT2D eigenvalue weighted by molar-refractivity contribution is 6.09. The van der Waals surface area contributed by atoms with Gasteiger partial charge < -0.3 is 5.84 Å². The predicted octanol–water partition coefficient (Wildman–Crippen LogP) is 2.32. The normalized spacial score (nSPS) is 11.0. The van der Waals surface area contributed by atoms with Crippen LogP contribution in [-0.2, 0) is 0 Å². The van der Waals surface area contributed by atoms with Crippen molar-refractivity contribution in [2.24, 2.45) is 0 Å². The Kier molecular flexibility index (Phi) is 1.74. The van der Waals surface area contributed by atoms with Crippen molar-refractivity contribution in [3.63, 3.8) is 0 Å². The highest BCUT2D eigenvalue weighted by atomic mass is 16.1. The Bertz CT molecular complexity index is 698. The van der Waals surface area contributed by atoms with E-state index in [2.05, 4.69) is 0 Å². The molecule has 0 fully saturated rings. The molecule has 3 heteroatoms. The van der Waals surface area contributed by atoms with E-state index in [0.29, 0.717) is 5.56 Å². The molecule has 1 heterocycles. The van der Waals surface area contributed by atoms with Crippen LogP contribution in [0, 0.1) is 0 Å². The van der Waals surface area contributed by atoms with Gasteiger partial charge >= 0.3 is 0 Å². The maximum atomic E-state index is 10.8. The summed E-state index contributed by atoms with van der Waals surface area (Å²) >= 11 is 0. The van der Waals surface area contributed by atoms with Crippen molar-refractivity contribution in [3.05, 3.63) is 48.0 Å². The lowest BCUT2D eigenvalue weighted by molar-refractivity contribution is 0.112. The third-order valence-electron chi connectivity index (χ3n) is 2.87. The molecule has 0 aliphatic heterocycles. The molecule has 2 aromatic carbocycles. The van der Waals surface area contributed by atoms with E-state index in [0.717, 1.165) is 28.1 Å². The first-order chi connectivity index (χ1) is 7.81. The standard InChI is InChI=1S/C13H10N2O/c14-15-12-4-2-1-3-10(12)11-7-9(8-16)5-6-13(11)15/h1-8H,14H2. The minimum Gasteiger partial charge on any atom is -0.339 e. The number of carbonyl (C=O) groups is 1. The monoisotopic (exact) mass is 210 g/mol. The number of benzene rings is 2. The third kappa shape index (κ3) is 1.05. The van der Waals surface area contributed by atoms with Gasteiger partial charge in [0.2, 0.25) is 0 Å². The zero-order valence-electron chi connectivity index (χ0n) is 8.55. The van der Waals surface area contributed by atoms with Gasteiger partial charge in [0.1, 0.15) is 6.29 Å². The van der Waals surface area contributed by atoms with Crippen LogP contribution < -0.4 is 5.84 Å². The van der Waals surface area contributed by atoms with E-state index < -0.39 is 0 Å². The van der Waals surface area contributed by atoms with Gasteiger partial charge in [0.25, 0.3) is 0 Å². The number of aldehydes is 1.